The molecule has 126 valence electrons. The summed E-state index contributed by atoms with van der Waals surface area (Å²) in [5, 5.41) is 4.96. The highest BCUT2D eigenvalue weighted by Gasteiger charge is 2.32. The number of fused-ring (bicyclic) bond motifs is 2. The number of likely N-dealkylation sites (tertiary alicyclic amines) is 1. The van der Waals surface area contributed by atoms with Gasteiger partial charge in [0.1, 0.15) is 0 Å². The van der Waals surface area contributed by atoms with Crippen LogP contribution in [-0.2, 0) is 6.54 Å². The standard InChI is InChI=1S/C18H23N3.2ClH/c1-13-10-15(16-4-2-3-5-18(16)20-13)12-21-9-7-17-14(11-21)6-8-19-17;;/h2-5,10,14,17,19H,6-9,11-12H2,1H3;2*1H. The molecule has 2 unspecified atom stereocenters. The normalized spacial score (nSPS) is 23.9. The first kappa shape index (κ1) is 18.5. The zero-order valence-electron chi connectivity index (χ0n) is 13.5. The van der Waals surface area contributed by atoms with Crippen LogP contribution < -0.4 is 5.32 Å². The Labute approximate surface area is 150 Å². The molecule has 0 saturated carbocycles. The average molecular weight is 354 g/mol. The minimum atomic E-state index is 0. The van der Waals surface area contributed by atoms with Gasteiger partial charge in [0.05, 0.1) is 5.52 Å². The third-order valence-corrected chi connectivity index (χ3v) is 5.06. The molecule has 2 saturated heterocycles. The Hall–Kier alpha value is -0.870. The van der Waals surface area contributed by atoms with Crippen LogP contribution in [0.15, 0.2) is 30.3 Å². The van der Waals surface area contributed by atoms with Crippen LogP contribution in [0.5, 0.6) is 0 Å². The van der Waals surface area contributed by atoms with E-state index in [1.54, 1.807) is 0 Å². The van der Waals surface area contributed by atoms with Gasteiger partial charge in [0.2, 0.25) is 0 Å². The summed E-state index contributed by atoms with van der Waals surface area (Å²) in [5.41, 5.74) is 3.69. The molecule has 0 spiro atoms. The molecule has 2 atom stereocenters. The van der Waals surface area contributed by atoms with Crippen LogP contribution in [0.4, 0.5) is 0 Å². The van der Waals surface area contributed by atoms with E-state index in [0.717, 1.165) is 29.7 Å². The number of nitrogens with zero attached hydrogens (tertiary/aromatic N) is 2. The van der Waals surface area contributed by atoms with Crippen LogP contribution >= 0.6 is 24.8 Å². The molecule has 5 heteroatoms. The van der Waals surface area contributed by atoms with Gasteiger partial charge in [-0.25, -0.2) is 0 Å². The van der Waals surface area contributed by atoms with Gasteiger partial charge in [-0.3, -0.25) is 9.88 Å². The summed E-state index contributed by atoms with van der Waals surface area (Å²) in [6.45, 7) is 6.83. The van der Waals surface area contributed by atoms with Gasteiger partial charge in [-0.15, -0.1) is 24.8 Å². The number of hydrogen-bond donors (Lipinski definition) is 1. The van der Waals surface area contributed by atoms with Gasteiger partial charge in [0.15, 0.2) is 0 Å². The van der Waals surface area contributed by atoms with Crippen molar-refractivity contribution in [2.75, 3.05) is 19.6 Å². The van der Waals surface area contributed by atoms with Gasteiger partial charge < -0.3 is 5.32 Å². The van der Waals surface area contributed by atoms with Crippen molar-refractivity contribution in [3.63, 3.8) is 0 Å². The number of aryl methyl sites for hydroxylation is 1. The molecule has 3 heterocycles. The summed E-state index contributed by atoms with van der Waals surface area (Å²) in [6.07, 6.45) is 2.64. The first-order valence-electron chi connectivity index (χ1n) is 8.10. The lowest BCUT2D eigenvalue weighted by molar-refractivity contribution is 0.156. The molecule has 1 N–H and O–H groups in total. The van der Waals surface area contributed by atoms with E-state index in [9.17, 15) is 0 Å². The minimum absolute atomic E-state index is 0. The molecule has 2 aliphatic heterocycles. The second kappa shape index (κ2) is 7.80. The highest BCUT2D eigenvalue weighted by atomic mass is 35.5. The van der Waals surface area contributed by atoms with Crippen LogP contribution in [-0.4, -0.2) is 35.6 Å². The minimum Gasteiger partial charge on any atom is -0.314 e. The first-order chi connectivity index (χ1) is 10.3. The summed E-state index contributed by atoms with van der Waals surface area (Å²) in [6, 6.07) is 11.6. The molecule has 2 fully saturated rings. The topological polar surface area (TPSA) is 28.2 Å². The molecule has 0 bridgehead atoms. The molecule has 3 nitrogen and oxygen atoms in total. The molecule has 23 heavy (non-hydrogen) atoms. The number of aromatic nitrogens is 1. The quantitative estimate of drug-likeness (QED) is 0.894. The summed E-state index contributed by atoms with van der Waals surface area (Å²) in [4.78, 5) is 7.29. The predicted octanol–water partition coefficient (Wildman–Crippen LogP) is 3.57. The number of nitrogens with one attached hydrogen (secondary N) is 1. The third-order valence-electron chi connectivity index (χ3n) is 5.06. The number of rotatable bonds is 2. The highest BCUT2D eigenvalue weighted by molar-refractivity contribution is 5.85. The van der Waals surface area contributed by atoms with Crippen molar-refractivity contribution in [3.05, 3.63) is 41.6 Å². The van der Waals surface area contributed by atoms with Gasteiger partial charge in [-0.2, -0.15) is 0 Å². The SMILES string of the molecule is Cc1cc(CN2CCC3NCCC3C2)c2ccccc2n1.Cl.Cl. The van der Waals surface area contributed by atoms with Gasteiger partial charge in [0, 0.05) is 30.2 Å². The van der Waals surface area contributed by atoms with Crippen molar-refractivity contribution in [1.29, 1.82) is 0 Å². The van der Waals surface area contributed by atoms with E-state index < -0.39 is 0 Å². The summed E-state index contributed by atoms with van der Waals surface area (Å²) in [7, 11) is 0. The lowest BCUT2D eigenvalue weighted by Crippen LogP contribution is -2.43. The molecule has 1 aromatic carbocycles. The van der Waals surface area contributed by atoms with Crippen LogP contribution in [0.2, 0.25) is 0 Å². The number of benzene rings is 1. The maximum absolute atomic E-state index is 4.65. The fourth-order valence-electron chi connectivity index (χ4n) is 4.03. The van der Waals surface area contributed by atoms with Gasteiger partial charge in [-0.1, -0.05) is 18.2 Å². The molecule has 2 aliphatic rings. The Balaban J connectivity index is 0.000000960. The van der Waals surface area contributed by atoms with Crippen molar-refractivity contribution in [2.45, 2.75) is 32.4 Å². The predicted molar refractivity (Wildman–Crippen MR) is 101 cm³/mol. The van der Waals surface area contributed by atoms with E-state index >= 15 is 0 Å². The maximum Gasteiger partial charge on any atom is 0.0708 e. The van der Waals surface area contributed by atoms with Crippen LogP contribution in [0.25, 0.3) is 10.9 Å². The van der Waals surface area contributed by atoms with E-state index in [2.05, 4.69) is 52.5 Å². The number of para-hydroxylation sites is 1. The second-order valence-corrected chi connectivity index (χ2v) is 6.57. The number of halogens is 2. The summed E-state index contributed by atoms with van der Waals surface area (Å²) in [5.74, 6) is 0.855. The van der Waals surface area contributed by atoms with Crippen molar-refractivity contribution in [2.24, 2.45) is 5.92 Å². The van der Waals surface area contributed by atoms with Crippen molar-refractivity contribution < 1.29 is 0 Å². The molecule has 0 radical (unpaired) electrons. The van der Waals surface area contributed by atoms with Crippen molar-refractivity contribution >= 4 is 35.7 Å². The van der Waals surface area contributed by atoms with E-state index in [0.29, 0.717) is 0 Å². The first-order valence-corrected chi connectivity index (χ1v) is 8.10. The lowest BCUT2D eigenvalue weighted by atomic mass is 9.93. The van der Waals surface area contributed by atoms with Gasteiger partial charge in [-0.05, 0) is 56.5 Å². The smallest absolute Gasteiger partial charge is 0.0708 e. The Morgan fingerprint density at radius 1 is 1.22 bits per heavy atom. The van der Waals surface area contributed by atoms with Crippen molar-refractivity contribution in [3.8, 4) is 0 Å². The van der Waals surface area contributed by atoms with Crippen LogP contribution in [0.1, 0.15) is 24.1 Å². The zero-order valence-corrected chi connectivity index (χ0v) is 15.1. The number of pyridine rings is 1. The summed E-state index contributed by atoms with van der Waals surface area (Å²) >= 11 is 0. The van der Waals surface area contributed by atoms with E-state index in [1.807, 2.05) is 0 Å². The largest absolute Gasteiger partial charge is 0.314 e. The Bertz CT molecular complexity index is 662. The fraction of sp³-hybridized carbons (Fsp3) is 0.500. The average Bonchev–Trinajstić information content (AvgIpc) is 2.94. The molecule has 1 aromatic heterocycles. The van der Waals surface area contributed by atoms with E-state index in [1.165, 1.54) is 43.4 Å². The molecular weight excluding hydrogens is 329 g/mol. The fourth-order valence-corrected chi connectivity index (χ4v) is 4.03. The number of hydrogen-bond acceptors (Lipinski definition) is 3. The highest BCUT2D eigenvalue weighted by Crippen LogP contribution is 2.27. The molecule has 0 aliphatic carbocycles. The van der Waals surface area contributed by atoms with Gasteiger partial charge in [0.25, 0.3) is 0 Å². The summed E-state index contributed by atoms with van der Waals surface area (Å²) < 4.78 is 0. The van der Waals surface area contributed by atoms with E-state index in [4.69, 9.17) is 0 Å². The van der Waals surface area contributed by atoms with Crippen molar-refractivity contribution in [1.82, 2.24) is 15.2 Å². The Morgan fingerprint density at radius 2 is 2.04 bits per heavy atom. The third kappa shape index (κ3) is 3.80. The molecule has 0 amide bonds. The Morgan fingerprint density at radius 3 is 2.91 bits per heavy atom. The van der Waals surface area contributed by atoms with E-state index in [-0.39, 0.29) is 24.8 Å². The number of piperidine rings is 1. The monoisotopic (exact) mass is 353 g/mol. The van der Waals surface area contributed by atoms with Crippen LogP contribution in [0.3, 0.4) is 0 Å². The maximum atomic E-state index is 4.65. The van der Waals surface area contributed by atoms with Crippen LogP contribution in [0, 0.1) is 12.8 Å². The molecular formula is C18H25Cl2N3. The molecule has 4 rings (SSSR count). The Kier molecular flexibility index (Phi) is 6.26. The van der Waals surface area contributed by atoms with Gasteiger partial charge >= 0.3 is 0 Å². The lowest BCUT2D eigenvalue weighted by Gasteiger charge is -2.35. The zero-order chi connectivity index (χ0) is 14.2. The second-order valence-electron chi connectivity index (χ2n) is 6.57. The molecule has 2 aromatic rings.